The Kier molecular flexibility index (Phi) is 11.0. The molecule has 11 nitrogen and oxygen atoms in total. The third kappa shape index (κ3) is 7.69. The quantitative estimate of drug-likeness (QED) is 0.150. The molecule has 2 aromatic carbocycles. The van der Waals surface area contributed by atoms with Crippen LogP contribution in [0.5, 0.6) is 11.8 Å². The van der Waals surface area contributed by atoms with Gasteiger partial charge in [0.25, 0.3) is 0 Å². The zero-order valence-electron chi connectivity index (χ0n) is 26.7. The number of aliphatic hydroxyl groups is 1. The summed E-state index contributed by atoms with van der Waals surface area (Å²) in [5, 5.41) is 21.1. The molecule has 2 aromatic heterocycles. The van der Waals surface area contributed by atoms with Crippen molar-refractivity contribution in [3.63, 3.8) is 0 Å². The topological polar surface area (TPSA) is 143 Å². The van der Waals surface area contributed by atoms with Crippen LogP contribution in [0.25, 0.3) is 33.6 Å². The lowest BCUT2D eigenvalue weighted by atomic mass is 9.98. The van der Waals surface area contributed by atoms with Crippen molar-refractivity contribution >= 4 is 40.9 Å². The van der Waals surface area contributed by atoms with Gasteiger partial charge in [-0.05, 0) is 18.6 Å². The molecule has 6 rings (SSSR count). The van der Waals surface area contributed by atoms with E-state index in [1.165, 1.54) is 0 Å². The van der Waals surface area contributed by atoms with Crippen molar-refractivity contribution in [3.05, 3.63) is 70.2 Å². The van der Waals surface area contributed by atoms with Crippen LogP contribution in [0.3, 0.4) is 0 Å². The summed E-state index contributed by atoms with van der Waals surface area (Å²) in [5.41, 5.74) is 4.48. The van der Waals surface area contributed by atoms with Crippen LogP contribution in [0.2, 0.25) is 10.0 Å². The Morgan fingerprint density at radius 3 is 1.98 bits per heavy atom. The molecule has 2 aliphatic heterocycles. The van der Waals surface area contributed by atoms with Gasteiger partial charge < -0.3 is 30.5 Å². The van der Waals surface area contributed by atoms with Crippen molar-refractivity contribution in [1.82, 2.24) is 35.9 Å². The molecule has 2 fully saturated rings. The van der Waals surface area contributed by atoms with Crippen LogP contribution in [-0.4, -0.2) is 81.4 Å². The van der Waals surface area contributed by atoms with E-state index in [-0.39, 0.29) is 11.9 Å². The van der Waals surface area contributed by atoms with E-state index in [9.17, 15) is 9.90 Å². The van der Waals surface area contributed by atoms with Gasteiger partial charge in [-0.15, -0.1) is 0 Å². The number of ether oxygens (including phenoxy) is 2. The van der Waals surface area contributed by atoms with Crippen molar-refractivity contribution in [2.45, 2.75) is 44.0 Å². The van der Waals surface area contributed by atoms with Gasteiger partial charge in [0.2, 0.25) is 17.7 Å². The summed E-state index contributed by atoms with van der Waals surface area (Å²) in [7, 11) is 3.11. The highest BCUT2D eigenvalue weighted by Gasteiger charge is 2.31. The Labute approximate surface area is 293 Å². The summed E-state index contributed by atoms with van der Waals surface area (Å²) in [4.78, 5) is 30.2. The van der Waals surface area contributed by atoms with Gasteiger partial charge in [-0.2, -0.15) is 11.8 Å². The molecular weight excluding hydrogens is 673 g/mol. The van der Waals surface area contributed by atoms with E-state index in [4.69, 9.17) is 42.6 Å². The molecule has 0 bridgehead atoms. The molecule has 0 saturated carbocycles. The smallest absolute Gasteiger partial charge is 0.237 e. The first-order valence-corrected chi connectivity index (χ1v) is 17.6. The molecule has 1 amide bonds. The summed E-state index contributed by atoms with van der Waals surface area (Å²) in [6.07, 6.45) is 5.48. The molecule has 2 saturated heterocycles. The molecule has 4 aromatic rings. The largest absolute Gasteiger partial charge is 0.480 e. The van der Waals surface area contributed by atoms with E-state index in [0.717, 1.165) is 35.5 Å². The van der Waals surface area contributed by atoms with Crippen molar-refractivity contribution < 1.29 is 19.4 Å². The molecule has 0 aliphatic carbocycles. The van der Waals surface area contributed by atoms with Crippen molar-refractivity contribution in [1.29, 1.82) is 0 Å². The number of methoxy groups -OCH3 is 2. The Morgan fingerprint density at radius 2 is 1.48 bits per heavy atom. The number of benzene rings is 2. The monoisotopic (exact) mass is 709 g/mol. The first-order chi connectivity index (χ1) is 23.3. The lowest BCUT2D eigenvalue weighted by Crippen LogP contribution is -2.40. The zero-order chi connectivity index (χ0) is 33.7. The molecule has 2 atom stereocenters. The Morgan fingerprint density at radius 1 is 0.917 bits per heavy atom. The number of nitrogens with zero attached hydrogens (tertiary/aromatic N) is 4. The SMILES string of the molecule is COc1nc(-c2cccc(-c3cccc(-c4cnc(CNCC5(O)CCSC5)c(OC)n4)c3Cl)c2Cl)cnc1CNCC1CCC(=O)N1. The molecule has 4 heterocycles. The number of nitrogens with one attached hydrogen (secondary N) is 3. The molecule has 0 spiro atoms. The molecule has 2 aliphatic rings. The summed E-state index contributed by atoms with van der Waals surface area (Å²) in [5.74, 6) is 2.53. The molecule has 0 radical (unpaired) electrons. The van der Waals surface area contributed by atoms with E-state index >= 15 is 0 Å². The summed E-state index contributed by atoms with van der Waals surface area (Å²) in [6.45, 7) is 1.95. The van der Waals surface area contributed by atoms with Gasteiger partial charge in [-0.25, -0.2) is 9.97 Å². The number of hydrogen-bond donors (Lipinski definition) is 4. The lowest BCUT2D eigenvalue weighted by Gasteiger charge is -2.21. The number of hydrogen-bond acceptors (Lipinski definition) is 11. The average Bonchev–Trinajstić information content (AvgIpc) is 3.73. The lowest BCUT2D eigenvalue weighted by molar-refractivity contribution is -0.119. The van der Waals surface area contributed by atoms with Gasteiger partial charge in [0.15, 0.2) is 0 Å². The molecule has 2 unspecified atom stereocenters. The zero-order valence-corrected chi connectivity index (χ0v) is 29.0. The number of carbonyl (C=O) groups is 1. The third-order valence-corrected chi connectivity index (χ3v) is 10.5. The second kappa shape index (κ2) is 15.4. The van der Waals surface area contributed by atoms with Crippen molar-refractivity contribution in [2.24, 2.45) is 0 Å². The van der Waals surface area contributed by atoms with E-state index in [1.54, 1.807) is 38.4 Å². The van der Waals surface area contributed by atoms with Crippen LogP contribution in [0.15, 0.2) is 48.8 Å². The van der Waals surface area contributed by atoms with Crippen LogP contribution in [-0.2, 0) is 17.9 Å². The highest BCUT2D eigenvalue weighted by Crippen LogP contribution is 2.42. The van der Waals surface area contributed by atoms with E-state index in [0.29, 0.717) is 88.3 Å². The van der Waals surface area contributed by atoms with Crippen molar-refractivity contribution in [3.8, 4) is 45.4 Å². The fourth-order valence-electron chi connectivity index (χ4n) is 5.84. The first-order valence-electron chi connectivity index (χ1n) is 15.7. The number of amides is 1. The Balaban J connectivity index is 1.21. The predicted molar refractivity (Wildman–Crippen MR) is 189 cm³/mol. The van der Waals surface area contributed by atoms with Crippen molar-refractivity contribution in [2.75, 3.05) is 38.8 Å². The summed E-state index contributed by atoms with van der Waals surface area (Å²) < 4.78 is 11.2. The predicted octanol–water partition coefficient (Wildman–Crippen LogP) is 4.92. The van der Waals surface area contributed by atoms with Gasteiger partial charge in [0, 0.05) is 66.6 Å². The highest BCUT2D eigenvalue weighted by atomic mass is 35.5. The minimum atomic E-state index is -0.700. The van der Waals surface area contributed by atoms with Gasteiger partial charge in [-0.3, -0.25) is 14.8 Å². The third-order valence-electron chi connectivity index (χ3n) is 8.45. The maximum absolute atomic E-state index is 11.5. The van der Waals surface area contributed by atoms with Gasteiger partial charge in [-0.1, -0.05) is 59.6 Å². The molecular formula is C34H37Cl2N7O4S. The normalized spacial score (nSPS) is 19.0. The van der Waals surface area contributed by atoms with Gasteiger partial charge >= 0.3 is 0 Å². The number of halogens is 2. The summed E-state index contributed by atoms with van der Waals surface area (Å²) >= 11 is 15.8. The number of carbonyl (C=O) groups excluding carboxylic acids is 1. The van der Waals surface area contributed by atoms with Gasteiger partial charge in [0.05, 0.1) is 53.6 Å². The van der Waals surface area contributed by atoms with Crippen LogP contribution in [0, 0.1) is 0 Å². The average molecular weight is 711 g/mol. The van der Waals surface area contributed by atoms with Crippen LogP contribution >= 0.6 is 35.0 Å². The second-order valence-electron chi connectivity index (χ2n) is 11.8. The fourth-order valence-corrected chi connectivity index (χ4v) is 7.79. The molecule has 48 heavy (non-hydrogen) atoms. The standard InChI is InChI=1S/C34H37Cl2N7O4S/c1-46-32-27(14-37-13-20-9-10-29(44)41-20)39-16-25(42-32)23-7-3-5-21(30(23)35)22-6-4-8-24(31(22)36)26-17-40-28(33(43-26)47-2)15-38-18-34(45)11-12-48-19-34/h3-8,16-17,20,37-38,45H,9-15,18-19H2,1-2H3,(H,41,44). The molecule has 4 N–H and O–H groups in total. The first kappa shape index (κ1) is 34.3. The van der Waals surface area contributed by atoms with Crippen LogP contribution in [0.1, 0.15) is 30.7 Å². The van der Waals surface area contributed by atoms with E-state index < -0.39 is 5.60 Å². The summed E-state index contributed by atoms with van der Waals surface area (Å²) in [6, 6.07) is 11.5. The fraction of sp³-hybridized carbons (Fsp3) is 0.382. The van der Waals surface area contributed by atoms with E-state index in [1.807, 2.05) is 36.4 Å². The maximum atomic E-state index is 11.5. The second-order valence-corrected chi connectivity index (χ2v) is 13.7. The molecule has 14 heteroatoms. The van der Waals surface area contributed by atoms with Crippen LogP contribution < -0.4 is 25.4 Å². The van der Waals surface area contributed by atoms with Gasteiger partial charge in [0.1, 0.15) is 11.4 Å². The maximum Gasteiger partial charge on any atom is 0.237 e. The Bertz CT molecular complexity index is 1790. The number of aromatic nitrogens is 4. The minimum Gasteiger partial charge on any atom is -0.480 e. The highest BCUT2D eigenvalue weighted by molar-refractivity contribution is 7.99. The molecule has 252 valence electrons. The Hall–Kier alpha value is -3.52. The number of rotatable bonds is 13. The van der Waals surface area contributed by atoms with Crippen LogP contribution in [0.4, 0.5) is 0 Å². The van der Waals surface area contributed by atoms with E-state index in [2.05, 4.69) is 25.9 Å². The minimum absolute atomic E-state index is 0.0817. The number of thioether (sulfide) groups is 1.